The van der Waals surface area contributed by atoms with Crippen LogP contribution < -0.4 is 10.6 Å². The molecule has 0 radical (unpaired) electrons. The first kappa shape index (κ1) is 15.9. The highest BCUT2D eigenvalue weighted by molar-refractivity contribution is 4.70. The lowest BCUT2D eigenvalue weighted by Gasteiger charge is -2.25. The van der Waals surface area contributed by atoms with Crippen LogP contribution in [0.1, 0.15) is 0 Å². The zero-order valence-electron chi connectivity index (χ0n) is 12.4. The van der Waals surface area contributed by atoms with Gasteiger partial charge in [-0.05, 0) is 21.1 Å². The Morgan fingerprint density at radius 3 is 1.50 bits per heavy atom. The summed E-state index contributed by atoms with van der Waals surface area (Å²) in [5.74, 6) is 0. The predicted octanol–water partition coefficient (Wildman–Crippen LogP) is -1.03. The topological polar surface area (TPSA) is 33.8 Å². The van der Waals surface area contributed by atoms with Crippen LogP contribution in [0.5, 0.6) is 0 Å². The van der Waals surface area contributed by atoms with Crippen LogP contribution in [0.25, 0.3) is 0 Å². The van der Waals surface area contributed by atoms with Gasteiger partial charge in [0.25, 0.3) is 0 Å². The molecule has 108 valence electrons. The third-order valence-electron chi connectivity index (χ3n) is 3.68. The number of nitrogens with one attached hydrogen (secondary N) is 2. The van der Waals surface area contributed by atoms with Crippen LogP contribution in [-0.2, 0) is 0 Å². The maximum atomic E-state index is 3.24. The van der Waals surface area contributed by atoms with Crippen molar-refractivity contribution >= 4 is 0 Å². The Labute approximate surface area is 112 Å². The molecule has 0 saturated carbocycles. The molecule has 5 heteroatoms. The van der Waals surface area contributed by atoms with Crippen molar-refractivity contribution in [1.82, 2.24) is 25.3 Å². The average molecular weight is 257 g/mol. The minimum absolute atomic E-state index is 1.08. The van der Waals surface area contributed by atoms with Gasteiger partial charge in [-0.25, -0.2) is 0 Å². The molecule has 1 heterocycles. The third kappa shape index (κ3) is 6.66. The Balaban J connectivity index is 2.40. The number of rotatable bonds is 6. The molecule has 1 rings (SSSR count). The van der Waals surface area contributed by atoms with Gasteiger partial charge in [0.15, 0.2) is 0 Å². The van der Waals surface area contributed by atoms with E-state index < -0.39 is 0 Å². The van der Waals surface area contributed by atoms with Gasteiger partial charge in [0.05, 0.1) is 0 Å². The summed E-state index contributed by atoms with van der Waals surface area (Å²) < 4.78 is 0. The van der Waals surface area contributed by atoms with Crippen LogP contribution in [0.4, 0.5) is 0 Å². The van der Waals surface area contributed by atoms with E-state index in [4.69, 9.17) is 0 Å². The smallest absolute Gasteiger partial charge is 0.0110 e. The van der Waals surface area contributed by atoms with E-state index in [0.29, 0.717) is 0 Å². The van der Waals surface area contributed by atoms with Crippen molar-refractivity contribution in [1.29, 1.82) is 0 Å². The highest BCUT2D eigenvalue weighted by Crippen LogP contribution is 1.98. The largest absolute Gasteiger partial charge is 0.318 e. The predicted molar refractivity (Wildman–Crippen MR) is 78.2 cm³/mol. The van der Waals surface area contributed by atoms with E-state index in [0.717, 1.165) is 26.2 Å². The quantitative estimate of drug-likeness (QED) is 0.636. The fraction of sp³-hybridized carbons (Fsp3) is 1.00. The van der Waals surface area contributed by atoms with Crippen LogP contribution in [0.2, 0.25) is 0 Å². The molecule has 1 aliphatic rings. The minimum Gasteiger partial charge on any atom is -0.318 e. The second kappa shape index (κ2) is 9.69. The Morgan fingerprint density at radius 1 is 0.722 bits per heavy atom. The van der Waals surface area contributed by atoms with Gasteiger partial charge in [0.1, 0.15) is 0 Å². The minimum atomic E-state index is 1.08. The van der Waals surface area contributed by atoms with E-state index in [-0.39, 0.29) is 0 Å². The molecule has 0 aliphatic carbocycles. The van der Waals surface area contributed by atoms with E-state index in [2.05, 4.69) is 32.4 Å². The molecule has 0 aromatic rings. The normalized spacial score (nSPS) is 21.5. The highest BCUT2D eigenvalue weighted by Gasteiger charge is 2.13. The molecule has 1 saturated heterocycles. The van der Waals surface area contributed by atoms with Gasteiger partial charge in [0, 0.05) is 65.4 Å². The molecule has 0 aromatic carbocycles. The van der Waals surface area contributed by atoms with E-state index in [9.17, 15) is 0 Å². The van der Waals surface area contributed by atoms with Gasteiger partial charge in [-0.3, -0.25) is 9.80 Å². The van der Waals surface area contributed by atoms with Crippen LogP contribution >= 0.6 is 0 Å². The Kier molecular flexibility index (Phi) is 8.54. The summed E-state index contributed by atoms with van der Waals surface area (Å²) in [5.41, 5.74) is 0. The summed E-state index contributed by atoms with van der Waals surface area (Å²) in [4.78, 5) is 7.60. The summed E-state index contributed by atoms with van der Waals surface area (Å²) in [6.07, 6.45) is 0. The molecule has 1 fully saturated rings. The fourth-order valence-corrected chi connectivity index (χ4v) is 2.23. The van der Waals surface area contributed by atoms with Gasteiger partial charge in [-0.1, -0.05) is 0 Å². The molecule has 0 atom stereocenters. The molecule has 2 N–H and O–H groups in total. The number of hydrogen-bond acceptors (Lipinski definition) is 5. The Hall–Kier alpha value is -0.200. The molecular weight excluding hydrogens is 226 g/mol. The van der Waals surface area contributed by atoms with Crippen LogP contribution in [0, 0.1) is 0 Å². The van der Waals surface area contributed by atoms with Gasteiger partial charge in [-0.2, -0.15) is 0 Å². The van der Waals surface area contributed by atoms with Gasteiger partial charge >= 0.3 is 0 Å². The first-order valence-electron chi connectivity index (χ1n) is 7.18. The first-order chi connectivity index (χ1) is 8.76. The van der Waals surface area contributed by atoms with Crippen molar-refractivity contribution in [2.75, 3.05) is 86.6 Å². The molecule has 0 unspecified atom stereocenters. The molecule has 0 amide bonds. The lowest BCUT2D eigenvalue weighted by Crippen LogP contribution is -2.40. The Morgan fingerprint density at radius 2 is 1.11 bits per heavy atom. The second-order valence-electron chi connectivity index (χ2n) is 5.19. The summed E-state index contributed by atoms with van der Waals surface area (Å²) in [7, 11) is 6.29. The van der Waals surface area contributed by atoms with Crippen molar-refractivity contribution in [2.24, 2.45) is 0 Å². The summed E-state index contributed by atoms with van der Waals surface area (Å²) >= 11 is 0. The fourth-order valence-electron chi connectivity index (χ4n) is 2.23. The SMILES string of the molecule is CNCCN1CCN(C)CCN(CCNC)CC1. The summed E-state index contributed by atoms with van der Waals surface area (Å²) in [6, 6.07) is 0. The van der Waals surface area contributed by atoms with Crippen molar-refractivity contribution in [2.45, 2.75) is 0 Å². The number of likely N-dealkylation sites (N-methyl/N-ethyl adjacent to an activating group) is 3. The van der Waals surface area contributed by atoms with Crippen LogP contribution in [0.3, 0.4) is 0 Å². The molecule has 5 nitrogen and oxygen atoms in total. The zero-order valence-corrected chi connectivity index (χ0v) is 12.4. The molecule has 0 spiro atoms. The first-order valence-corrected chi connectivity index (χ1v) is 7.18. The maximum Gasteiger partial charge on any atom is 0.0110 e. The Bertz CT molecular complexity index is 180. The van der Waals surface area contributed by atoms with Gasteiger partial charge < -0.3 is 15.5 Å². The highest BCUT2D eigenvalue weighted by atomic mass is 15.3. The van der Waals surface area contributed by atoms with Crippen LogP contribution in [-0.4, -0.2) is 101 Å². The molecular formula is C13H31N5. The monoisotopic (exact) mass is 257 g/mol. The maximum absolute atomic E-state index is 3.24. The van der Waals surface area contributed by atoms with E-state index in [1.165, 1.54) is 39.3 Å². The average Bonchev–Trinajstić information content (AvgIpc) is 2.46. The van der Waals surface area contributed by atoms with Crippen molar-refractivity contribution < 1.29 is 0 Å². The molecule has 1 aliphatic heterocycles. The van der Waals surface area contributed by atoms with Crippen molar-refractivity contribution in [3.8, 4) is 0 Å². The molecule has 18 heavy (non-hydrogen) atoms. The van der Waals surface area contributed by atoms with Gasteiger partial charge in [-0.15, -0.1) is 0 Å². The number of hydrogen-bond donors (Lipinski definition) is 2. The molecule has 0 bridgehead atoms. The molecule has 0 aromatic heterocycles. The van der Waals surface area contributed by atoms with Gasteiger partial charge in [0.2, 0.25) is 0 Å². The summed E-state index contributed by atoms with van der Waals surface area (Å²) in [5, 5.41) is 6.49. The lowest BCUT2D eigenvalue weighted by molar-refractivity contribution is 0.221. The lowest BCUT2D eigenvalue weighted by atomic mass is 10.4. The van der Waals surface area contributed by atoms with E-state index in [1.807, 2.05) is 14.1 Å². The standard InChI is InChI=1S/C13H31N5/c1-14-4-6-17-10-8-16(3)9-11-18(13-12-17)7-5-15-2/h14-15H,4-13H2,1-3H3. The second-order valence-corrected chi connectivity index (χ2v) is 5.19. The number of nitrogens with zero attached hydrogens (tertiary/aromatic N) is 3. The third-order valence-corrected chi connectivity index (χ3v) is 3.68. The zero-order chi connectivity index (χ0) is 13.2. The van der Waals surface area contributed by atoms with Crippen molar-refractivity contribution in [3.05, 3.63) is 0 Å². The van der Waals surface area contributed by atoms with E-state index >= 15 is 0 Å². The van der Waals surface area contributed by atoms with Crippen molar-refractivity contribution in [3.63, 3.8) is 0 Å². The summed E-state index contributed by atoms with van der Waals surface area (Å²) in [6.45, 7) is 11.6. The van der Waals surface area contributed by atoms with Crippen LogP contribution in [0.15, 0.2) is 0 Å². The van der Waals surface area contributed by atoms with E-state index in [1.54, 1.807) is 0 Å².